The summed E-state index contributed by atoms with van der Waals surface area (Å²) in [6, 6.07) is 0. The number of H-pyrrole nitrogens is 3. The number of aromatic amines is 3. The van der Waals surface area contributed by atoms with E-state index in [1.807, 2.05) is 0 Å². The molecule has 0 amide bonds. The van der Waals surface area contributed by atoms with Gasteiger partial charge < -0.3 is 15.0 Å². The van der Waals surface area contributed by atoms with Crippen LogP contribution in [0.15, 0.2) is 22.3 Å². The van der Waals surface area contributed by atoms with E-state index in [9.17, 15) is 0 Å². The average molecular weight is 536 g/mol. The smallest absolute Gasteiger partial charge is 0.0441 e. The number of hydrogen-bond acceptors (Lipinski definition) is 0. The minimum absolute atomic E-state index is 1.01. The molecule has 0 unspecified atom stereocenters. The maximum atomic E-state index is 3.91. The van der Waals surface area contributed by atoms with Gasteiger partial charge in [0.05, 0.1) is 0 Å². The highest BCUT2D eigenvalue weighted by Gasteiger charge is 2.21. The first kappa shape index (κ1) is 28.3. The molecule has 212 valence electrons. The highest BCUT2D eigenvalue weighted by atomic mass is 14.8. The van der Waals surface area contributed by atoms with Crippen LogP contribution in [0.2, 0.25) is 0 Å². The Kier molecular flexibility index (Phi) is 8.31. The predicted molar refractivity (Wildman–Crippen MR) is 172 cm³/mol. The molecular weight excluding hydrogens is 486 g/mol. The van der Waals surface area contributed by atoms with Crippen molar-refractivity contribution in [2.45, 2.75) is 113 Å². The van der Waals surface area contributed by atoms with Gasteiger partial charge in [-0.3, -0.25) is 0 Å². The van der Waals surface area contributed by atoms with Gasteiger partial charge in [-0.25, -0.2) is 0 Å². The molecule has 8 bridgehead atoms. The zero-order valence-electron chi connectivity index (χ0n) is 26.2. The van der Waals surface area contributed by atoms with Crippen LogP contribution in [0.25, 0.3) is 24.3 Å². The molecule has 2 aliphatic rings. The monoisotopic (exact) mass is 535 g/mol. The zero-order chi connectivity index (χ0) is 28.6. The van der Waals surface area contributed by atoms with Gasteiger partial charge in [-0.15, -0.1) is 0 Å². The predicted octanol–water partition coefficient (Wildman–Crippen LogP) is 6.09. The van der Waals surface area contributed by atoms with E-state index in [0.29, 0.717) is 0 Å². The molecule has 3 heteroatoms. The Morgan fingerprint density at radius 2 is 0.725 bits per heavy atom. The highest BCUT2D eigenvalue weighted by molar-refractivity contribution is 5.70. The topological polar surface area (TPSA) is 47.4 Å². The second-order valence-corrected chi connectivity index (χ2v) is 11.3. The van der Waals surface area contributed by atoms with Crippen LogP contribution in [0.4, 0.5) is 0 Å². The Morgan fingerprint density at radius 3 is 1.02 bits per heavy atom. The maximum Gasteiger partial charge on any atom is 0.0441 e. The molecule has 3 nitrogen and oxygen atoms in total. The number of hydrogen-bond donors (Lipinski definition) is 3. The molecule has 40 heavy (non-hydrogen) atoms. The van der Waals surface area contributed by atoms with E-state index in [4.69, 9.17) is 0 Å². The van der Waals surface area contributed by atoms with Crippen molar-refractivity contribution in [3.63, 3.8) is 0 Å². The number of allylic oxidation sites excluding steroid dienone is 4. The van der Waals surface area contributed by atoms with Crippen LogP contribution >= 0.6 is 0 Å². The third-order valence-electron chi connectivity index (χ3n) is 9.41. The normalized spacial score (nSPS) is 18.2. The molecular formula is C37H49N3. The van der Waals surface area contributed by atoms with Crippen LogP contribution in [0.5, 0.6) is 0 Å². The van der Waals surface area contributed by atoms with Gasteiger partial charge >= 0.3 is 0 Å². The lowest BCUT2D eigenvalue weighted by molar-refractivity contribution is 1.02. The summed E-state index contributed by atoms with van der Waals surface area (Å²) >= 11 is 0. The van der Waals surface area contributed by atoms with Gasteiger partial charge in [0.1, 0.15) is 0 Å². The summed E-state index contributed by atoms with van der Waals surface area (Å²) in [6.07, 6.45) is 19.1. The van der Waals surface area contributed by atoms with E-state index in [2.05, 4.69) is 94.6 Å². The van der Waals surface area contributed by atoms with Gasteiger partial charge in [0.15, 0.2) is 0 Å². The number of aromatic nitrogens is 3. The molecule has 0 spiro atoms. The molecule has 1 aliphatic carbocycles. The lowest BCUT2D eigenvalue weighted by Crippen LogP contribution is -2.13. The Balaban J connectivity index is 1.96. The summed E-state index contributed by atoms with van der Waals surface area (Å²) in [7, 11) is 0. The fraction of sp³-hybridized carbons (Fsp3) is 0.459. The van der Waals surface area contributed by atoms with Crippen molar-refractivity contribution in [2.24, 2.45) is 0 Å². The summed E-state index contributed by atoms with van der Waals surface area (Å²) in [5, 5.41) is 5.12. The van der Waals surface area contributed by atoms with Crippen LogP contribution < -0.4 is 21.4 Å². The first-order chi connectivity index (χ1) is 19.5. The van der Waals surface area contributed by atoms with Crippen molar-refractivity contribution < 1.29 is 0 Å². The van der Waals surface area contributed by atoms with Crippen molar-refractivity contribution >= 4 is 24.3 Å². The van der Waals surface area contributed by atoms with Crippen LogP contribution in [0.3, 0.4) is 0 Å². The van der Waals surface area contributed by atoms with Crippen molar-refractivity contribution in [1.82, 2.24) is 15.0 Å². The summed E-state index contributed by atoms with van der Waals surface area (Å²) in [5.41, 5.74) is 17.3. The fourth-order valence-corrected chi connectivity index (χ4v) is 7.63. The standard InChI is InChI=1S/C37H49N3/c1-9-24-22-17-23(25(24)10-2)19-33-27(12-4)29(14-6)35(39-33)21-37-31(16-8)30(15-7)36(40-37)20-34-28(13-5)26(11-3)32(18-22)38-34/h18-21,38-40H,9-17H2,1-8H3/b22-18?,23-19?,32-18-,33-19-,34-20-,35-21-,36-20?,37-21?. The van der Waals surface area contributed by atoms with E-state index >= 15 is 0 Å². The Hall–Kier alpha value is -3.20. The molecule has 0 fully saturated rings. The van der Waals surface area contributed by atoms with Crippen LogP contribution in [0, 0.1) is 0 Å². The second-order valence-electron chi connectivity index (χ2n) is 11.3. The van der Waals surface area contributed by atoms with Crippen molar-refractivity contribution in [1.29, 1.82) is 0 Å². The van der Waals surface area contributed by atoms with E-state index in [1.165, 1.54) is 77.3 Å². The van der Waals surface area contributed by atoms with Crippen molar-refractivity contribution in [2.75, 3.05) is 0 Å². The maximum absolute atomic E-state index is 3.91. The molecule has 3 aromatic rings. The summed E-state index contributed by atoms with van der Waals surface area (Å²) in [6.45, 7) is 18.4. The summed E-state index contributed by atoms with van der Waals surface area (Å²) in [4.78, 5) is 11.7. The van der Waals surface area contributed by atoms with Crippen molar-refractivity contribution in [3.05, 3.63) is 88.5 Å². The molecule has 0 aromatic carbocycles. The van der Waals surface area contributed by atoms with Gasteiger partial charge in [0.2, 0.25) is 0 Å². The first-order valence-electron chi connectivity index (χ1n) is 16.0. The molecule has 4 heterocycles. The van der Waals surface area contributed by atoms with Gasteiger partial charge in [-0.05, 0) is 138 Å². The largest absolute Gasteiger partial charge is 0.355 e. The Morgan fingerprint density at radius 1 is 0.400 bits per heavy atom. The molecule has 1 aliphatic heterocycles. The minimum atomic E-state index is 1.01. The van der Waals surface area contributed by atoms with Gasteiger partial charge in [0.25, 0.3) is 0 Å². The molecule has 3 aromatic heterocycles. The second kappa shape index (κ2) is 11.7. The quantitative estimate of drug-likeness (QED) is 0.312. The van der Waals surface area contributed by atoms with E-state index in [0.717, 1.165) is 57.8 Å². The third kappa shape index (κ3) is 4.62. The number of nitrogens with one attached hydrogen (secondary N) is 3. The highest BCUT2D eigenvalue weighted by Crippen LogP contribution is 2.37. The van der Waals surface area contributed by atoms with Gasteiger partial charge in [-0.2, -0.15) is 0 Å². The lowest BCUT2D eigenvalue weighted by atomic mass is 9.99. The molecule has 0 saturated heterocycles. The summed E-state index contributed by atoms with van der Waals surface area (Å²) in [5.74, 6) is 0. The van der Waals surface area contributed by atoms with Crippen LogP contribution in [0.1, 0.15) is 119 Å². The molecule has 5 rings (SSSR count). The third-order valence-corrected chi connectivity index (χ3v) is 9.41. The van der Waals surface area contributed by atoms with Gasteiger partial charge in [0, 0.05) is 32.8 Å². The van der Waals surface area contributed by atoms with E-state index in [1.54, 1.807) is 11.1 Å². The van der Waals surface area contributed by atoms with E-state index < -0.39 is 0 Å². The Bertz CT molecular complexity index is 1610. The van der Waals surface area contributed by atoms with E-state index in [-0.39, 0.29) is 0 Å². The van der Waals surface area contributed by atoms with Crippen molar-refractivity contribution in [3.8, 4) is 0 Å². The summed E-state index contributed by atoms with van der Waals surface area (Å²) < 4.78 is 0. The zero-order valence-corrected chi connectivity index (χ0v) is 26.2. The average Bonchev–Trinajstić information content (AvgIpc) is 3.67. The van der Waals surface area contributed by atoms with Crippen LogP contribution in [-0.2, 0) is 38.5 Å². The molecule has 0 atom stereocenters. The minimum Gasteiger partial charge on any atom is -0.355 e. The van der Waals surface area contributed by atoms with Gasteiger partial charge in [-0.1, -0.05) is 55.4 Å². The Labute approximate surface area is 240 Å². The number of rotatable bonds is 8. The molecule has 3 N–H and O–H groups in total. The fourth-order valence-electron chi connectivity index (χ4n) is 7.63. The lowest BCUT2D eigenvalue weighted by Gasteiger charge is -2.06. The molecule has 0 saturated carbocycles. The first-order valence-corrected chi connectivity index (χ1v) is 16.0. The SMILES string of the molecule is CCC1=C2/C=c3\[nH]/c(c(CC)c3CC)=C\c3[nH]c(c(CC)c3CC)/C=c3\[nH]/c(c(CC)c3CC)=C\C(=C1CC)C2. The van der Waals surface area contributed by atoms with Crippen LogP contribution in [-0.4, -0.2) is 15.0 Å². The number of fused-ring (bicyclic) bond motifs is 8. The molecule has 0 radical (unpaired) electrons.